The van der Waals surface area contributed by atoms with Gasteiger partial charge in [-0.2, -0.15) is 0 Å². The number of carbonyl (C=O) groups is 1. The van der Waals surface area contributed by atoms with E-state index in [4.69, 9.17) is 0 Å². The molecule has 2 unspecified atom stereocenters. The number of hydrogen-bond acceptors (Lipinski definition) is 2. The van der Waals surface area contributed by atoms with Crippen LogP contribution < -0.4 is 5.32 Å². The maximum absolute atomic E-state index is 11.9. The van der Waals surface area contributed by atoms with Crippen molar-refractivity contribution in [3.05, 3.63) is 0 Å². The van der Waals surface area contributed by atoms with E-state index < -0.39 is 0 Å². The Morgan fingerprint density at radius 2 is 2.36 bits per heavy atom. The van der Waals surface area contributed by atoms with Crippen LogP contribution >= 0.6 is 0 Å². The zero-order chi connectivity index (χ0) is 10.6. The minimum Gasteiger partial charge on any atom is -0.340 e. The van der Waals surface area contributed by atoms with Crippen LogP contribution in [0.15, 0.2) is 0 Å². The summed E-state index contributed by atoms with van der Waals surface area (Å²) in [7, 11) is 0. The Bertz CT molecular complexity index is 194. The molecule has 0 spiro atoms. The second-order valence-corrected chi connectivity index (χ2v) is 4.23. The molecule has 3 heteroatoms. The molecule has 0 bridgehead atoms. The molecule has 1 aliphatic heterocycles. The fraction of sp³-hybridized carbons (Fsp3) is 0.909. The monoisotopic (exact) mass is 198 g/mol. The number of nitrogens with zero attached hydrogens (tertiary/aromatic N) is 1. The summed E-state index contributed by atoms with van der Waals surface area (Å²) in [5.74, 6) is 0.437. The molecule has 1 amide bonds. The summed E-state index contributed by atoms with van der Waals surface area (Å²) in [6.45, 7) is 8.92. The molecule has 1 fully saturated rings. The largest absolute Gasteiger partial charge is 0.340 e. The number of nitrogens with one attached hydrogen (secondary N) is 1. The van der Waals surface area contributed by atoms with E-state index in [1.807, 2.05) is 11.8 Å². The first-order valence-corrected chi connectivity index (χ1v) is 5.68. The lowest BCUT2D eigenvalue weighted by molar-refractivity contribution is -0.135. The average Bonchev–Trinajstić information content (AvgIpc) is 2.59. The summed E-state index contributed by atoms with van der Waals surface area (Å²) < 4.78 is 0. The molecule has 3 nitrogen and oxygen atoms in total. The maximum atomic E-state index is 11.9. The molecule has 0 aliphatic carbocycles. The van der Waals surface area contributed by atoms with Gasteiger partial charge in [0.05, 0.1) is 0 Å². The van der Waals surface area contributed by atoms with Crippen molar-refractivity contribution in [1.82, 2.24) is 10.2 Å². The quantitative estimate of drug-likeness (QED) is 0.737. The van der Waals surface area contributed by atoms with Crippen molar-refractivity contribution < 1.29 is 4.79 Å². The Morgan fingerprint density at radius 1 is 1.64 bits per heavy atom. The molecule has 0 radical (unpaired) electrons. The van der Waals surface area contributed by atoms with E-state index >= 15 is 0 Å². The van der Waals surface area contributed by atoms with Gasteiger partial charge in [-0.3, -0.25) is 4.79 Å². The molecular weight excluding hydrogens is 176 g/mol. The number of rotatable bonds is 4. The highest BCUT2D eigenvalue weighted by Gasteiger charge is 2.27. The lowest BCUT2D eigenvalue weighted by Crippen LogP contribution is -2.40. The molecule has 1 N–H and O–H groups in total. The van der Waals surface area contributed by atoms with Crippen molar-refractivity contribution in [1.29, 1.82) is 0 Å². The molecule has 1 aliphatic rings. The van der Waals surface area contributed by atoms with Crippen molar-refractivity contribution in [2.24, 2.45) is 5.92 Å². The van der Waals surface area contributed by atoms with Crippen molar-refractivity contribution >= 4 is 5.91 Å². The summed E-state index contributed by atoms with van der Waals surface area (Å²) in [4.78, 5) is 14.0. The van der Waals surface area contributed by atoms with Gasteiger partial charge in [0.25, 0.3) is 0 Å². The second kappa shape index (κ2) is 5.35. The summed E-state index contributed by atoms with van der Waals surface area (Å²) in [5.41, 5.74) is 0. The first-order chi connectivity index (χ1) is 6.66. The lowest BCUT2D eigenvalue weighted by atomic mass is 10.1. The van der Waals surface area contributed by atoms with E-state index in [1.54, 1.807) is 0 Å². The zero-order valence-electron chi connectivity index (χ0n) is 9.55. The van der Waals surface area contributed by atoms with E-state index in [0.717, 1.165) is 19.6 Å². The summed E-state index contributed by atoms with van der Waals surface area (Å²) in [5, 5.41) is 3.22. The maximum Gasteiger partial charge on any atom is 0.226 e. The number of hydrogen-bond donors (Lipinski definition) is 1. The molecule has 0 aromatic carbocycles. The molecule has 0 aromatic heterocycles. The van der Waals surface area contributed by atoms with Crippen molar-refractivity contribution in [3.8, 4) is 0 Å². The van der Waals surface area contributed by atoms with Gasteiger partial charge in [-0.25, -0.2) is 0 Å². The van der Waals surface area contributed by atoms with Gasteiger partial charge in [-0.15, -0.1) is 0 Å². The van der Waals surface area contributed by atoms with Crippen molar-refractivity contribution in [2.75, 3.05) is 19.6 Å². The van der Waals surface area contributed by atoms with E-state index in [1.165, 1.54) is 12.8 Å². The van der Waals surface area contributed by atoms with Crippen LogP contribution in [0.2, 0.25) is 0 Å². The Morgan fingerprint density at radius 3 is 2.86 bits per heavy atom. The van der Waals surface area contributed by atoms with Gasteiger partial charge in [0.1, 0.15) is 0 Å². The van der Waals surface area contributed by atoms with Crippen LogP contribution in [0.3, 0.4) is 0 Å². The van der Waals surface area contributed by atoms with E-state index in [0.29, 0.717) is 11.9 Å². The highest BCUT2D eigenvalue weighted by Crippen LogP contribution is 2.18. The van der Waals surface area contributed by atoms with Crippen LogP contribution in [0.5, 0.6) is 0 Å². The van der Waals surface area contributed by atoms with Crippen molar-refractivity contribution in [3.63, 3.8) is 0 Å². The summed E-state index contributed by atoms with van der Waals surface area (Å²) in [6.07, 6.45) is 2.33. The molecule has 1 rings (SSSR count). The van der Waals surface area contributed by atoms with Crippen molar-refractivity contribution in [2.45, 2.75) is 39.7 Å². The standard InChI is InChI=1S/C11H22N2O/c1-4-12-8-9(2)11(14)13-7-5-6-10(13)3/h9-10,12H,4-8H2,1-3H3. The Balaban J connectivity index is 2.39. The topological polar surface area (TPSA) is 32.3 Å². The minimum absolute atomic E-state index is 0.121. The predicted molar refractivity (Wildman–Crippen MR) is 58.1 cm³/mol. The first-order valence-electron chi connectivity index (χ1n) is 5.68. The van der Waals surface area contributed by atoms with Gasteiger partial charge < -0.3 is 10.2 Å². The molecule has 1 saturated heterocycles. The van der Waals surface area contributed by atoms with Crippen LogP contribution in [-0.2, 0) is 4.79 Å². The second-order valence-electron chi connectivity index (χ2n) is 4.23. The van der Waals surface area contributed by atoms with Crippen LogP contribution in [-0.4, -0.2) is 36.5 Å². The van der Waals surface area contributed by atoms with Gasteiger partial charge in [-0.1, -0.05) is 13.8 Å². The van der Waals surface area contributed by atoms with E-state index in [9.17, 15) is 4.79 Å². The van der Waals surface area contributed by atoms with Crippen LogP contribution in [0.4, 0.5) is 0 Å². The Hall–Kier alpha value is -0.570. The molecular formula is C11H22N2O. The summed E-state index contributed by atoms with van der Waals surface area (Å²) in [6, 6.07) is 0.451. The molecule has 14 heavy (non-hydrogen) atoms. The van der Waals surface area contributed by atoms with Gasteiger partial charge in [0.2, 0.25) is 5.91 Å². The molecule has 82 valence electrons. The van der Waals surface area contributed by atoms with Gasteiger partial charge in [-0.05, 0) is 26.3 Å². The first kappa shape index (κ1) is 11.5. The van der Waals surface area contributed by atoms with Gasteiger partial charge in [0.15, 0.2) is 0 Å². The third-order valence-corrected chi connectivity index (χ3v) is 2.96. The van der Waals surface area contributed by atoms with Gasteiger partial charge >= 0.3 is 0 Å². The normalized spacial score (nSPS) is 23.9. The highest BCUT2D eigenvalue weighted by atomic mass is 16.2. The molecule has 2 atom stereocenters. The van der Waals surface area contributed by atoms with Crippen LogP contribution in [0, 0.1) is 5.92 Å². The van der Waals surface area contributed by atoms with E-state index in [-0.39, 0.29) is 5.92 Å². The SMILES string of the molecule is CCNCC(C)C(=O)N1CCCC1C. The van der Waals surface area contributed by atoms with Gasteiger partial charge in [0, 0.05) is 25.0 Å². The smallest absolute Gasteiger partial charge is 0.226 e. The number of likely N-dealkylation sites (tertiary alicyclic amines) is 1. The minimum atomic E-state index is 0.121. The zero-order valence-corrected chi connectivity index (χ0v) is 9.55. The van der Waals surface area contributed by atoms with Crippen LogP contribution in [0.1, 0.15) is 33.6 Å². The average molecular weight is 198 g/mol. The number of carbonyl (C=O) groups excluding carboxylic acids is 1. The third kappa shape index (κ3) is 2.71. The molecule has 1 heterocycles. The Kier molecular flexibility index (Phi) is 4.39. The predicted octanol–water partition coefficient (Wildman–Crippen LogP) is 1.24. The fourth-order valence-corrected chi connectivity index (χ4v) is 1.99. The van der Waals surface area contributed by atoms with Crippen LogP contribution in [0.25, 0.3) is 0 Å². The number of amides is 1. The van der Waals surface area contributed by atoms with E-state index in [2.05, 4.69) is 19.2 Å². The fourth-order valence-electron chi connectivity index (χ4n) is 1.99. The Labute approximate surface area is 86.9 Å². The lowest BCUT2D eigenvalue weighted by Gasteiger charge is -2.25. The summed E-state index contributed by atoms with van der Waals surface area (Å²) >= 11 is 0. The third-order valence-electron chi connectivity index (χ3n) is 2.96. The highest BCUT2D eigenvalue weighted by molar-refractivity contribution is 5.79. The molecule has 0 saturated carbocycles. The molecule has 0 aromatic rings.